The number of rotatable bonds is 7. The molecule has 264 valence electrons. The van der Waals surface area contributed by atoms with Gasteiger partial charge in [0.15, 0.2) is 0 Å². The lowest BCUT2D eigenvalue weighted by atomic mass is 9.33. The highest BCUT2D eigenvalue weighted by Crippen LogP contribution is 2.76. The van der Waals surface area contributed by atoms with Crippen molar-refractivity contribution in [2.24, 2.45) is 51.2 Å². The van der Waals surface area contributed by atoms with Gasteiger partial charge in [0.2, 0.25) is 0 Å². The molecule has 0 amide bonds. The van der Waals surface area contributed by atoms with E-state index in [1.807, 2.05) is 6.07 Å². The molecular weight excluding hydrogens is 595 g/mol. The zero-order valence-corrected chi connectivity index (χ0v) is 30.9. The number of aromatic carboxylic acids is 1. The fourth-order valence-electron chi connectivity index (χ4n) is 14.1. The van der Waals surface area contributed by atoms with Crippen LogP contribution in [0.1, 0.15) is 135 Å². The second-order valence-electron chi connectivity index (χ2n) is 18.7. The number of halogens is 1. The number of carbonyl (C=O) groups is 1. The molecule has 1 saturated heterocycles. The van der Waals surface area contributed by atoms with Gasteiger partial charge in [-0.2, -0.15) is 0 Å². The number of carboxylic acid groups (broad SMARTS) is 1. The Bertz CT molecular complexity index is 1480. The van der Waals surface area contributed by atoms with Gasteiger partial charge in [-0.05, 0) is 165 Å². The predicted molar refractivity (Wildman–Crippen MR) is 194 cm³/mol. The zero-order valence-electron chi connectivity index (χ0n) is 30.9. The van der Waals surface area contributed by atoms with Crippen molar-refractivity contribution in [3.05, 3.63) is 53.4 Å². The molecule has 6 aliphatic rings. The molecule has 1 heterocycles. The molecular formula is C43H63FN2O2. The minimum absolute atomic E-state index is 0.125. The van der Waals surface area contributed by atoms with Crippen LogP contribution in [-0.2, 0) is 0 Å². The largest absolute Gasteiger partial charge is 0.478 e. The summed E-state index contributed by atoms with van der Waals surface area (Å²) in [6, 6.07) is 4.74. The van der Waals surface area contributed by atoms with Crippen molar-refractivity contribution in [3.8, 4) is 0 Å². The first-order valence-corrected chi connectivity index (χ1v) is 19.5. The molecule has 48 heavy (non-hydrogen) atoms. The Balaban J connectivity index is 1.17. The number of piperidine rings is 1. The van der Waals surface area contributed by atoms with Crippen LogP contribution < -0.4 is 5.32 Å². The van der Waals surface area contributed by atoms with Crippen molar-refractivity contribution in [2.75, 3.05) is 26.2 Å². The molecule has 7 rings (SSSR count). The average molecular weight is 659 g/mol. The Hall–Kier alpha value is -1.98. The van der Waals surface area contributed by atoms with Gasteiger partial charge in [0.1, 0.15) is 5.82 Å². The van der Waals surface area contributed by atoms with Gasteiger partial charge in [0, 0.05) is 18.6 Å². The summed E-state index contributed by atoms with van der Waals surface area (Å²) < 4.78 is 14.9. The van der Waals surface area contributed by atoms with Gasteiger partial charge in [-0.15, -0.1) is 0 Å². The molecule has 0 aromatic heterocycles. The fraction of sp³-hybridized carbons (Fsp3) is 0.744. The lowest BCUT2D eigenvalue weighted by Crippen LogP contribution is -2.68. The molecule has 1 aromatic carbocycles. The molecule has 5 fully saturated rings. The summed E-state index contributed by atoms with van der Waals surface area (Å²) in [4.78, 5) is 14.2. The molecule has 5 heteroatoms. The Morgan fingerprint density at radius 1 is 0.958 bits per heavy atom. The number of hydrogen-bond acceptors (Lipinski definition) is 3. The van der Waals surface area contributed by atoms with E-state index in [9.17, 15) is 14.3 Å². The van der Waals surface area contributed by atoms with E-state index in [1.165, 1.54) is 114 Å². The highest BCUT2D eigenvalue weighted by atomic mass is 19.1. The minimum Gasteiger partial charge on any atom is -0.478 e. The van der Waals surface area contributed by atoms with Gasteiger partial charge in [-0.3, -0.25) is 0 Å². The topological polar surface area (TPSA) is 52.6 Å². The number of fused-ring (bicyclic) bond motifs is 7. The predicted octanol–water partition coefficient (Wildman–Crippen LogP) is 10.0. The van der Waals surface area contributed by atoms with Crippen LogP contribution in [0, 0.1) is 57.1 Å². The van der Waals surface area contributed by atoms with Crippen molar-refractivity contribution >= 4 is 11.5 Å². The molecule has 0 spiro atoms. The van der Waals surface area contributed by atoms with E-state index in [0.717, 1.165) is 24.4 Å². The van der Waals surface area contributed by atoms with Gasteiger partial charge in [0.25, 0.3) is 0 Å². The fourth-order valence-corrected chi connectivity index (χ4v) is 14.1. The molecule has 9 atom stereocenters. The third-order valence-electron chi connectivity index (χ3n) is 16.5. The molecule has 0 bridgehead atoms. The summed E-state index contributed by atoms with van der Waals surface area (Å²) >= 11 is 0. The molecule has 1 aliphatic heterocycles. The first-order chi connectivity index (χ1) is 22.7. The van der Waals surface area contributed by atoms with E-state index in [1.54, 1.807) is 0 Å². The lowest BCUT2D eigenvalue weighted by molar-refractivity contribution is -0.219. The molecule has 0 unspecified atom stereocenters. The molecule has 4 nitrogen and oxygen atoms in total. The van der Waals surface area contributed by atoms with Crippen LogP contribution in [0.5, 0.6) is 0 Å². The van der Waals surface area contributed by atoms with Crippen molar-refractivity contribution in [1.29, 1.82) is 0 Å². The van der Waals surface area contributed by atoms with E-state index in [0.29, 0.717) is 29.1 Å². The zero-order chi connectivity index (χ0) is 34.3. The molecule has 5 aliphatic carbocycles. The van der Waals surface area contributed by atoms with Crippen LogP contribution in [0.4, 0.5) is 4.39 Å². The van der Waals surface area contributed by atoms with Crippen molar-refractivity contribution in [2.45, 2.75) is 124 Å². The van der Waals surface area contributed by atoms with Gasteiger partial charge in [-0.1, -0.05) is 65.3 Å². The van der Waals surface area contributed by atoms with Crippen LogP contribution in [0.2, 0.25) is 0 Å². The quantitative estimate of drug-likeness (QED) is 0.286. The van der Waals surface area contributed by atoms with E-state index in [-0.39, 0.29) is 27.3 Å². The van der Waals surface area contributed by atoms with Crippen molar-refractivity contribution in [1.82, 2.24) is 10.2 Å². The van der Waals surface area contributed by atoms with Gasteiger partial charge in [-0.25, -0.2) is 9.18 Å². The van der Waals surface area contributed by atoms with Gasteiger partial charge < -0.3 is 15.3 Å². The maximum absolute atomic E-state index is 14.9. The number of carboxylic acids is 1. The minimum atomic E-state index is -1.21. The molecule has 2 N–H and O–H groups in total. The summed E-state index contributed by atoms with van der Waals surface area (Å²) in [6.07, 6.45) is 17.8. The molecule has 1 aromatic rings. The molecule has 0 radical (unpaired) electrons. The Morgan fingerprint density at radius 2 is 1.71 bits per heavy atom. The number of benzene rings is 1. The van der Waals surface area contributed by atoms with E-state index in [4.69, 9.17) is 0 Å². The lowest BCUT2D eigenvalue weighted by Gasteiger charge is -2.72. The third kappa shape index (κ3) is 5.05. The number of nitrogens with zero attached hydrogens (tertiary/aromatic N) is 1. The summed E-state index contributed by atoms with van der Waals surface area (Å²) in [5.74, 6) is 1.32. The first kappa shape index (κ1) is 34.5. The van der Waals surface area contributed by atoms with E-state index in [2.05, 4.69) is 64.4 Å². The van der Waals surface area contributed by atoms with Crippen LogP contribution in [0.15, 0.2) is 36.4 Å². The van der Waals surface area contributed by atoms with Crippen LogP contribution in [-0.4, -0.2) is 47.7 Å². The number of nitrogens with one attached hydrogen (secondary N) is 1. The second-order valence-corrected chi connectivity index (χ2v) is 18.7. The Kier molecular flexibility index (Phi) is 8.67. The highest BCUT2D eigenvalue weighted by Gasteiger charge is 2.70. The van der Waals surface area contributed by atoms with Gasteiger partial charge in [0.05, 0.1) is 5.56 Å². The van der Waals surface area contributed by atoms with Crippen LogP contribution in [0.25, 0.3) is 5.57 Å². The Morgan fingerprint density at radius 3 is 2.40 bits per heavy atom. The van der Waals surface area contributed by atoms with Crippen LogP contribution in [0.3, 0.4) is 0 Å². The normalized spacial score (nSPS) is 42.1. The number of allylic oxidation sites excluding steroid dienone is 3. The average Bonchev–Trinajstić information content (AvgIpc) is 3.41. The Labute approximate surface area is 290 Å². The number of likely N-dealkylation sites (tertiary alicyclic amines) is 1. The maximum atomic E-state index is 14.9. The summed E-state index contributed by atoms with van der Waals surface area (Å²) in [6.45, 7) is 24.6. The summed E-state index contributed by atoms with van der Waals surface area (Å²) in [5.41, 5.74) is 4.08. The summed E-state index contributed by atoms with van der Waals surface area (Å²) in [5, 5.41) is 13.7. The number of hydrogen-bond donors (Lipinski definition) is 2. The monoisotopic (exact) mass is 658 g/mol. The summed E-state index contributed by atoms with van der Waals surface area (Å²) in [7, 11) is 0. The van der Waals surface area contributed by atoms with Gasteiger partial charge >= 0.3 is 5.97 Å². The standard InChI is InChI=1S/C43H63FN2O2/c1-28(2)30-15-20-43(45-23-26-46-24-9-8-10-25-46)22-21-41(6)33(37(30)43)13-14-36-40(5)18-16-32(29-11-12-31(38(47)48)34(44)27-29)39(3,4)35(40)17-19-42(36,41)7/h11-12,16,27,30,33,35-37,45H,1,8-10,13-15,17-26H2,2-7H3,(H,47,48)/t30-,33+,35-,36+,37+,40-,41+,42+,43-/m0/s1. The SMILES string of the molecule is C=C(C)[C@@H]1CC[C@]2(NCCN3CCCCC3)CC[C@]3(C)[C@H](CC[C@@H]4[C@@]5(C)CC=C(c6ccc(C(=O)O)c(F)c6)C(C)(C)[C@@H]5CC[C@]43C)[C@@H]12. The third-order valence-corrected chi connectivity index (χ3v) is 16.5. The molecule has 4 saturated carbocycles. The van der Waals surface area contributed by atoms with E-state index < -0.39 is 11.8 Å². The van der Waals surface area contributed by atoms with Crippen LogP contribution >= 0.6 is 0 Å². The smallest absolute Gasteiger partial charge is 0.338 e. The first-order valence-electron chi connectivity index (χ1n) is 19.5. The van der Waals surface area contributed by atoms with Crippen molar-refractivity contribution < 1.29 is 14.3 Å². The maximum Gasteiger partial charge on any atom is 0.338 e. The van der Waals surface area contributed by atoms with Crippen molar-refractivity contribution in [3.63, 3.8) is 0 Å². The second kappa shape index (κ2) is 12.1. The highest BCUT2D eigenvalue weighted by molar-refractivity contribution is 5.88. The van der Waals surface area contributed by atoms with E-state index >= 15 is 0 Å².